The number of nitrogens with zero attached hydrogens (tertiary/aromatic N) is 1. The van der Waals surface area contributed by atoms with Crippen molar-refractivity contribution < 1.29 is 4.74 Å². The average Bonchev–Trinajstić information content (AvgIpc) is 2.52. The van der Waals surface area contributed by atoms with Crippen molar-refractivity contribution in [3.63, 3.8) is 0 Å². The van der Waals surface area contributed by atoms with Gasteiger partial charge in [-0.3, -0.25) is 0 Å². The lowest BCUT2D eigenvalue weighted by molar-refractivity contribution is 0.308. The molecule has 0 bridgehead atoms. The SMILES string of the molecule is CO/C=C/CCC1CCC(c2ccc(C#N)cc2)CC1. The summed E-state index contributed by atoms with van der Waals surface area (Å²) in [6.07, 6.45) is 11.5. The average molecular weight is 269 g/mol. The van der Waals surface area contributed by atoms with Crippen LogP contribution in [0.1, 0.15) is 55.6 Å². The minimum atomic E-state index is 0.688. The van der Waals surface area contributed by atoms with E-state index in [0.29, 0.717) is 5.92 Å². The number of allylic oxidation sites excluding steroid dienone is 1. The van der Waals surface area contributed by atoms with E-state index in [1.807, 2.05) is 12.1 Å². The summed E-state index contributed by atoms with van der Waals surface area (Å²) in [4.78, 5) is 0. The molecule has 2 rings (SSSR count). The van der Waals surface area contributed by atoms with Gasteiger partial charge in [0.1, 0.15) is 0 Å². The van der Waals surface area contributed by atoms with Crippen LogP contribution in [0.5, 0.6) is 0 Å². The number of benzene rings is 1. The van der Waals surface area contributed by atoms with Gasteiger partial charge in [0.2, 0.25) is 0 Å². The maximum Gasteiger partial charge on any atom is 0.0991 e. The van der Waals surface area contributed by atoms with Crippen LogP contribution in [0, 0.1) is 17.2 Å². The molecule has 0 unspecified atom stereocenters. The number of ether oxygens (including phenoxy) is 1. The Hall–Kier alpha value is -1.75. The zero-order valence-corrected chi connectivity index (χ0v) is 12.2. The van der Waals surface area contributed by atoms with Crippen LogP contribution in [0.3, 0.4) is 0 Å². The third kappa shape index (κ3) is 4.13. The molecule has 0 N–H and O–H groups in total. The van der Waals surface area contributed by atoms with Gasteiger partial charge in [-0.05, 0) is 74.1 Å². The van der Waals surface area contributed by atoms with Crippen molar-refractivity contribution in [2.45, 2.75) is 44.4 Å². The predicted octanol–water partition coefficient (Wildman–Crippen LogP) is 4.77. The molecule has 20 heavy (non-hydrogen) atoms. The van der Waals surface area contributed by atoms with Crippen LogP contribution in [-0.2, 0) is 4.74 Å². The second-order valence-electron chi connectivity index (χ2n) is 5.64. The molecule has 0 heterocycles. The van der Waals surface area contributed by atoms with Gasteiger partial charge in [0.15, 0.2) is 0 Å². The molecular weight excluding hydrogens is 246 g/mol. The molecule has 106 valence electrons. The monoisotopic (exact) mass is 269 g/mol. The van der Waals surface area contributed by atoms with Gasteiger partial charge in [-0.15, -0.1) is 0 Å². The molecule has 0 aliphatic heterocycles. The Morgan fingerprint density at radius 2 is 1.90 bits per heavy atom. The Morgan fingerprint density at radius 1 is 1.20 bits per heavy atom. The highest BCUT2D eigenvalue weighted by molar-refractivity contribution is 5.33. The molecule has 2 nitrogen and oxygen atoms in total. The first kappa shape index (κ1) is 14.7. The summed E-state index contributed by atoms with van der Waals surface area (Å²) in [5.74, 6) is 1.56. The Morgan fingerprint density at radius 3 is 2.50 bits per heavy atom. The lowest BCUT2D eigenvalue weighted by atomic mass is 9.77. The van der Waals surface area contributed by atoms with Crippen molar-refractivity contribution in [3.8, 4) is 6.07 Å². The number of hydrogen-bond acceptors (Lipinski definition) is 2. The fourth-order valence-electron chi connectivity index (χ4n) is 3.11. The molecule has 1 fully saturated rings. The largest absolute Gasteiger partial charge is 0.505 e. The molecule has 1 aliphatic carbocycles. The first-order chi connectivity index (χ1) is 9.83. The summed E-state index contributed by atoms with van der Waals surface area (Å²) in [5.41, 5.74) is 2.16. The van der Waals surface area contributed by atoms with E-state index in [1.54, 1.807) is 13.4 Å². The number of rotatable bonds is 5. The third-order valence-electron chi connectivity index (χ3n) is 4.33. The van der Waals surface area contributed by atoms with Crippen LogP contribution in [0.2, 0.25) is 0 Å². The fraction of sp³-hybridized carbons (Fsp3) is 0.500. The smallest absolute Gasteiger partial charge is 0.0991 e. The van der Waals surface area contributed by atoms with Crippen LogP contribution >= 0.6 is 0 Å². The first-order valence-corrected chi connectivity index (χ1v) is 7.51. The van der Waals surface area contributed by atoms with Gasteiger partial charge in [-0.1, -0.05) is 12.1 Å². The quantitative estimate of drug-likeness (QED) is 0.721. The molecular formula is C18H23NO. The summed E-state index contributed by atoms with van der Waals surface area (Å²) < 4.78 is 4.92. The Bertz CT molecular complexity index is 461. The molecule has 1 aromatic rings. The second-order valence-corrected chi connectivity index (χ2v) is 5.64. The summed E-state index contributed by atoms with van der Waals surface area (Å²) >= 11 is 0. The van der Waals surface area contributed by atoms with Crippen molar-refractivity contribution in [1.82, 2.24) is 0 Å². The van der Waals surface area contributed by atoms with E-state index in [9.17, 15) is 0 Å². The van der Waals surface area contributed by atoms with E-state index >= 15 is 0 Å². The Kier molecular flexibility index (Phi) is 5.68. The molecule has 0 amide bonds. The normalized spacial score (nSPS) is 22.6. The maximum absolute atomic E-state index is 8.83. The highest BCUT2D eigenvalue weighted by Crippen LogP contribution is 2.37. The highest BCUT2D eigenvalue weighted by Gasteiger charge is 2.21. The summed E-state index contributed by atoms with van der Waals surface area (Å²) in [6, 6.07) is 10.3. The van der Waals surface area contributed by atoms with Crippen molar-refractivity contribution in [2.75, 3.05) is 7.11 Å². The molecule has 2 heteroatoms. The highest BCUT2D eigenvalue weighted by atomic mass is 16.5. The summed E-state index contributed by atoms with van der Waals surface area (Å²) in [6.45, 7) is 0. The van der Waals surface area contributed by atoms with Gasteiger partial charge in [0, 0.05) is 0 Å². The lowest BCUT2D eigenvalue weighted by Gasteiger charge is -2.28. The van der Waals surface area contributed by atoms with Crippen molar-refractivity contribution in [3.05, 3.63) is 47.7 Å². The van der Waals surface area contributed by atoms with Gasteiger partial charge in [0.25, 0.3) is 0 Å². The molecule has 0 spiro atoms. The van der Waals surface area contributed by atoms with Crippen LogP contribution in [0.25, 0.3) is 0 Å². The van der Waals surface area contributed by atoms with E-state index in [2.05, 4.69) is 24.3 Å². The molecule has 0 radical (unpaired) electrons. The Balaban J connectivity index is 1.78. The predicted molar refractivity (Wildman–Crippen MR) is 81.2 cm³/mol. The van der Waals surface area contributed by atoms with Gasteiger partial charge in [-0.25, -0.2) is 0 Å². The van der Waals surface area contributed by atoms with Crippen LogP contribution in [-0.4, -0.2) is 7.11 Å². The van der Waals surface area contributed by atoms with Gasteiger partial charge in [0.05, 0.1) is 25.0 Å². The van der Waals surface area contributed by atoms with Gasteiger partial charge in [-0.2, -0.15) is 5.26 Å². The maximum atomic E-state index is 8.83. The molecule has 0 saturated heterocycles. The van der Waals surface area contributed by atoms with Crippen molar-refractivity contribution >= 4 is 0 Å². The molecule has 1 saturated carbocycles. The van der Waals surface area contributed by atoms with Gasteiger partial charge < -0.3 is 4.74 Å². The number of nitriles is 1. The molecule has 0 atom stereocenters. The first-order valence-electron chi connectivity index (χ1n) is 7.51. The summed E-state index contributed by atoms with van der Waals surface area (Å²) in [5, 5.41) is 8.83. The molecule has 0 aromatic heterocycles. The van der Waals surface area contributed by atoms with E-state index in [4.69, 9.17) is 10.00 Å². The van der Waals surface area contributed by atoms with Crippen molar-refractivity contribution in [1.29, 1.82) is 5.26 Å². The Labute approximate surface area is 122 Å². The fourth-order valence-corrected chi connectivity index (χ4v) is 3.11. The summed E-state index contributed by atoms with van der Waals surface area (Å²) in [7, 11) is 1.69. The topological polar surface area (TPSA) is 33.0 Å². The van der Waals surface area contributed by atoms with Crippen LogP contribution < -0.4 is 0 Å². The van der Waals surface area contributed by atoms with E-state index in [1.165, 1.54) is 37.7 Å². The lowest BCUT2D eigenvalue weighted by Crippen LogP contribution is -2.13. The van der Waals surface area contributed by atoms with Crippen LogP contribution in [0.15, 0.2) is 36.6 Å². The third-order valence-corrected chi connectivity index (χ3v) is 4.33. The van der Waals surface area contributed by atoms with Crippen molar-refractivity contribution in [2.24, 2.45) is 5.92 Å². The number of hydrogen-bond donors (Lipinski definition) is 0. The zero-order valence-electron chi connectivity index (χ0n) is 12.2. The van der Waals surface area contributed by atoms with E-state index in [-0.39, 0.29) is 0 Å². The molecule has 1 aromatic carbocycles. The van der Waals surface area contributed by atoms with Gasteiger partial charge >= 0.3 is 0 Å². The van der Waals surface area contributed by atoms with Crippen LogP contribution in [0.4, 0.5) is 0 Å². The molecule has 1 aliphatic rings. The second kappa shape index (κ2) is 7.75. The van der Waals surface area contributed by atoms with E-state index in [0.717, 1.165) is 17.9 Å². The standard InChI is InChI=1S/C18H23NO/c1-20-13-3-2-4-15-5-9-17(10-6-15)18-11-7-16(14-19)8-12-18/h3,7-8,11-13,15,17H,2,4-6,9-10H2,1H3/b13-3+. The zero-order chi connectivity index (χ0) is 14.2. The van der Waals surface area contributed by atoms with E-state index < -0.39 is 0 Å². The minimum absolute atomic E-state index is 0.688. The minimum Gasteiger partial charge on any atom is -0.505 e. The number of methoxy groups -OCH3 is 1.